The lowest BCUT2D eigenvalue weighted by Gasteiger charge is -2.02. The Balaban J connectivity index is 2.99. The van der Waals surface area contributed by atoms with E-state index in [9.17, 15) is 16.8 Å². The highest BCUT2D eigenvalue weighted by atomic mass is 32.2. The summed E-state index contributed by atoms with van der Waals surface area (Å²) in [7, 11) is -6.90. The second kappa shape index (κ2) is 3.47. The fourth-order valence-electron chi connectivity index (χ4n) is 0.925. The first-order valence-electron chi connectivity index (χ1n) is 3.98. The quantitative estimate of drug-likeness (QED) is 0.697. The summed E-state index contributed by atoms with van der Waals surface area (Å²) >= 11 is 0. The summed E-state index contributed by atoms with van der Waals surface area (Å²) in [6.45, 7) is 2.82. The van der Waals surface area contributed by atoms with Crippen LogP contribution in [-0.2, 0) is 19.7 Å². The largest absolute Gasteiger partial charge is 0.248 e. The fourth-order valence-corrected chi connectivity index (χ4v) is 3.56. The molecule has 0 amide bonds. The maximum atomic E-state index is 11.4. The molecule has 7 heteroatoms. The second-order valence-corrected chi connectivity index (χ2v) is 7.40. The summed E-state index contributed by atoms with van der Waals surface area (Å²) in [5.41, 5.74) is 0. The van der Waals surface area contributed by atoms with Crippen LogP contribution in [0.25, 0.3) is 0 Å². The van der Waals surface area contributed by atoms with Gasteiger partial charge in [0.05, 0.1) is 10.7 Å². The zero-order valence-corrected chi connectivity index (χ0v) is 9.52. The minimum atomic E-state index is -3.58. The molecule has 0 bridgehead atoms. The lowest BCUT2D eigenvalue weighted by molar-refractivity contribution is 0.596. The Labute approximate surface area is 83.4 Å². The van der Waals surface area contributed by atoms with Crippen molar-refractivity contribution in [2.24, 2.45) is 4.99 Å². The van der Waals surface area contributed by atoms with Crippen LogP contribution < -0.4 is 0 Å². The summed E-state index contributed by atoms with van der Waals surface area (Å²) < 4.78 is 45.2. The van der Waals surface area contributed by atoms with Crippen LogP contribution >= 0.6 is 0 Å². The van der Waals surface area contributed by atoms with Crippen LogP contribution in [0.2, 0.25) is 0 Å². The molecule has 1 aliphatic rings. The molecular formula is C7H11NO4S2. The molecule has 0 aromatic rings. The molecule has 0 spiro atoms. The highest BCUT2D eigenvalue weighted by Crippen LogP contribution is 2.18. The zero-order chi connectivity index (χ0) is 11.0. The number of hydrogen-bond donors (Lipinski definition) is 0. The van der Waals surface area contributed by atoms with Gasteiger partial charge in [-0.05, 0) is 6.92 Å². The monoisotopic (exact) mass is 237 g/mol. The van der Waals surface area contributed by atoms with Gasteiger partial charge in [-0.2, -0.15) is 0 Å². The smallest absolute Gasteiger partial charge is 0.218 e. The van der Waals surface area contributed by atoms with Crippen molar-refractivity contribution in [3.63, 3.8) is 0 Å². The molecule has 1 rings (SSSR count). The van der Waals surface area contributed by atoms with E-state index in [1.807, 2.05) is 0 Å². The zero-order valence-electron chi connectivity index (χ0n) is 7.89. The molecule has 80 valence electrons. The van der Waals surface area contributed by atoms with E-state index in [-0.39, 0.29) is 15.7 Å². The third-order valence-electron chi connectivity index (χ3n) is 1.93. The molecule has 0 aliphatic carbocycles. The van der Waals surface area contributed by atoms with Gasteiger partial charge >= 0.3 is 0 Å². The Morgan fingerprint density at radius 2 is 2.00 bits per heavy atom. The third kappa shape index (κ3) is 2.03. The molecule has 0 saturated heterocycles. The van der Waals surface area contributed by atoms with Gasteiger partial charge in [0.15, 0.2) is 9.84 Å². The minimum absolute atomic E-state index is 0.0428. The molecule has 0 saturated carbocycles. The minimum Gasteiger partial charge on any atom is -0.248 e. The van der Waals surface area contributed by atoms with Gasteiger partial charge in [-0.1, -0.05) is 6.92 Å². The van der Waals surface area contributed by atoms with Crippen LogP contribution in [0.5, 0.6) is 0 Å². The molecule has 0 aromatic carbocycles. The van der Waals surface area contributed by atoms with Gasteiger partial charge in [-0.15, -0.1) is 0 Å². The first-order valence-corrected chi connectivity index (χ1v) is 7.29. The SMILES string of the molecule is CCS(=O)(=O)CC1=CN=C(C)S1(=O)=O. The van der Waals surface area contributed by atoms with E-state index >= 15 is 0 Å². The molecule has 1 aliphatic heterocycles. The van der Waals surface area contributed by atoms with Gasteiger partial charge < -0.3 is 0 Å². The number of aliphatic imine (C=N–C) groups is 1. The van der Waals surface area contributed by atoms with Crippen molar-refractivity contribution >= 4 is 24.7 Å². The molecule has 14 heavy (non-hydrogen) atoms. The number of hydrogen-bond acceptors (Lipinski definition) is 5. The Bertz CT molecular complexity index is 496. The molecule has 0 atom stereocenters. The van der Waals surface area contributed by atoms with Crippen LogP contribution in [0.4, 0.5) is 0 Å². The van der Waals surface area contributed by atoms with Crippen molar-refractivity contribution in [1.29, 1.82) is 0 Å². The normalized spacial score (nSPS) is 20.4. The van der Waals surface area contributed by atoms with Gasteiger partial charge in [0, 0.05) is 12.0 Å². The Kier molecular flexibility index (Phi) is 2.82. The third-order valence-corrected chi connectivity index (χ3v) is 5.56. The predicted molar refractivity (Wildman–Crippen MR) is 54.4 cm³/mol. The van der Waals surface area contributed by atoms with E-state index in [1.54, 1.807) is 0 Å². The molecule has 5 nitrogen and oxygen atoms in total. The van der Waals surface area contributed by atoms with E-state index < -0.39 is 25.4 Å². The van der Waals surface area contributed by atoms with Crippen molar-refractivity contribution in [2.75, 3.05) is 11.5 Å². The standard InChI is InChI=1S/C7H11NO4S2/c1-3-13(9,10)5-7-4-8-6(2)14(7,11)12/h4H,3,5H2,1-2H3. The van der Waals surface area contributed by atoms with E-state index in [0.717, 1.165) is 6.20 Å². The number of sulfone groups is 2. The summed E-state index contributed by atoms with van der Waals surface area (Å²) in [4.78, 5) is 3.46. The van der Waals surface area contributed by atoms with Gasteiger partial charge in [-0.25, -0.2) is 21.8 Å². The van der Waals surface area contributed by atoms with Crippen molar-refractivity contribution in [1.82, 2.24) is 0 Å². The van der Waals surface area contributed by atoms with Gasteiger partial charge in [0.1, 0.15) is 5.04 Å². The first kappa shape index (κ1) is 11.4. The molecule has 0 fully saturated rings. The van der Waals surface area contributed by atoms with Gasteiger partial charge in [0.25, 0.3) is 0 Å². The molecule has 0 aromatic heterocycles. The number of nitrogens with zero attached hydrogens (tertiary/aromatic N) is 1. The molecule has 0 unspecified atom stereocenters. The van der Waals surface area contributed by atoms with Gasteiger partial charge in [-0.3, -0.25) is 0 Å². The Hall–Kier alpha value is -0.690. The van der Waals surface area contributed by atoms with E-state index in [0.29, 0.717) is 0 Å². The lowest BCUT2D eigenvalue weighted by atomic mass is 10.7. The first-order chi connectivity index (χ1) is 6.29. The van der Waals surface area contributed by atoms with E-state index in [4.69, 9.17) is 0 Å². The Morgan fingerprint density at radius 3 is 2.36 bits per heavy atom. The number of rotatable bonds is 3. The van der Waals surface area contributed by atoms with Crippen LogP contribution in [0.15, 0.2) is 16.1 Å². The van der Waals surface area contributed by atoms with Crippen LogP contribution in [-0.4, -0.2) is 33.4 Å². The fraction of sp³-hybridized carbons (Fsp3) is 0.571. The summed E-state index contributed by atoms with van der Waals surface area (Å²) in [5, 5.41) is -0.0428. The van der Waals surface area contributed by atoms with Gasteiger partial charge in [0.2, 0.25) is 9.84 Å². The predicted octanol–water partition coefficient (Wildman–Crippen LogP) is 0.109. The maximum Gasteiger partial charge on any atom is 0.218 e. The molecule has 0 radical (unpaired) electrons. The summed E-state index contributed by atoms with van der Waals surface area (Å²) in [5.74, 6) is -0.522. The average Bonchev–Trinajstić information content (AvgIpc) is 2.32. The van der Waals surface area contributed by atoms with Crippen molar-refractivity contribution in [3.05, 3.63) is 11.1 Å². The molecule has 1 heterocycles. The lowest BCUT2D eigenvalue weighted by Crippen LogP contribution is -2.18. The van der Waals surface area contributed by atoms with Crippen LogP contribution in [0.3, 0.4) is 0 Å². The van der Waals surface area contributed by atoms with Crippen molar-refractivity contribution in [2.45, 2.75) is 13.8 Å². The van der Waals surface area contributed by atoms with Crippen LogP contribution in [0.1, 0.15) is 13.8 Å². The highest BCUT2D eigenvalue weighted by molar-refractivity contribution is 8.10. The second-order valence-electron chi connectivity index (χ2n) is 2.92. The van der Waals surface area contributed by atoms with E-state index in [2.05, 4.69) is 4.99 Å². The van der Waals surface area contributed by atoms with Crippen molar-refractivity contribution in [3.8, 4) is 0 Å². The summed E-state index contributed by atoms with van der Waals surface area (Å²) in [6.07, 6.45) is 1.11. The van der Waals surface area contributed by atoms with Crippen molar-refractivity contribution < 1.29 is 16.8 Å². The molecule has 0 N–H and O–H groups in total. The average molecular weight is 237 g/mol. The topological polar surface area (TPSA) is 80.6 Å². The van der Waals surface area contributed by atoms with Crippen LogP contribution in [0, 0.1) is 0 Å². The maximum absolute atomic E-state index is 11.4. The van der Waals surface area contributed by atoms with E-state index in [1.165, 1.54) is 13.8 Å². The Morgan fingerprint density at radius 1 is 1.43 bits per heavy atom. The highest BCUT2D eigenvalue weighted by Gasteiger charge is 2.29. The summed E-state index contributed by atoms with van der Waals surface area (Å²) in [6, 6.07) is 0. The molecular weight excluding hydrogens is 226 g/mol.